The average Bonchev–Trinajstić information content (AvgIpc) is 2.89. The molecule has 0 aliphatic heterocycles. The highest BCUT2D eigenvalue weighted by molar-refractivity contribution is 9.11. The fourth-order valence-electron chi connectivity index (χ4n) is 1.85. The minimum absolute atomic E-state index is 0.0128. The van der Waals surface area contributed by atoms with Gasteiger partial charge in [0.1, 0.15) is 0 Å². The Kier molecular flexibility index (Phi) is 5.59. The first-order chi connectivity index (χ1) is 10.1. The van der Waals surface area contributed by atoms with E-state index >= 15 is 0 Å². The zero-order valence-corrected chi connectivity index (χ0v) is 14.2. The maximum atomic E-state index is 12.2. The molecule has 0 bridgehead atoms. The molecule has 3 nitrogen and oxygen atoms in total. The molecule has 1 aromatic heterocycles. The number of anilines is 1. The molecule has 2 aromatic rings. The number of carbonyl (C=O) groups is 1. The van der Waals surface area contributed by atoms with E-state index in [2.05, 4.69) is 15.9 Å². The van der Waals surface area contributed by atoms with E-state index in [1.165, 1.54) is 0 Å². The molecule has 110 valence electrons. The number of carbonyl (C=O) groups excluding carboxylic acids is 1. The van der Waals surface area contributed by atoms with Crippen molar-refractivity contribution in [2.24, 2.45) is 0 Å². The van der Waals surface area contributed by atoms with E-state index in [9.17, 15) is 4.79 Å². The lowest BCUT2D eigenvalue weighted by molar-refractivity contribution is -0.126. The Morgan fingerprint density at radius 2 is 2.00 bits per heavy atom. The molecule has 1 heterocycles. The predicted octanol–water partition coefficient (Wildman–Crippen LogP) is 4.15. The zero-order valence-electron chi connectivity index (χ0n) is 11.8. The predicted molar refractivity (Wildman–Crippen MR) is 93.0 cm³/mol. The van der Waals surface area contributed by atoms with Crippen LogP contribution in [0.1, 0.15) is 17.4 Å². The number of thiophene rings is 1. The second-order valence-corrected chi connectivity index (χ2v) is 7.11. The van der Waals surface area contributed by atoms with Crippen LogP contribution in [-0.2, 0) is 11.3 Å². The maximum absolute atomic E-state index is 12.2. The molecular weight excluding hydrogens is 348 g/mol. The van der Waals surface area contributed by atoms with Crippen LogP contribution in [-0.4, -0.2) is 17.4 Å². The summed E-state index contributed by atoms with van der Waals surface area (Å²) in [5.74, 6) is 0.0128. The molecule has 0 aliphatic rings. The van der Waals surface area contributed by atoms with Crippen molar-refractivity contribution in [2.75, 3.05) is 12.3 Å². The largest absolute Gasteiger partial charge is 0.399 e. The highest BCUT2D eigenvalue weighted by Gasteiger charge is 2.10. The number of hydrogen-bond acceptors (Lipinski definition) is 3. The molecular formula is C16H17BrN2OS. The van der Waals surface area contributed by atoms with E-state index in [1.54, 1.807) is 17.4 Å². The van der Waals surface area contributed by atoms with E-state index < -0.39 is 0 Å². The normalized spacial score (nSPS) is 11.0. The third kappa shape index (κ3) is 4.72. The lowest BCUT2D eigenvalue weighted by Gasteiger charge is -2.18. The van der Waals surface area contributed by atoms with Gasteiger partial charge in [-0.25, -0.2) is 0 Å². The summed E-state index contributed by atoms with van der Waals surface area (Å²) in [6, 6.07) is 11.5. The Hall–Kier alpha value is -1.59. The van der Waals surface area contributed by atoms with E-state index in [-0.39, 0.29) is 5.91 Å². The maximum Gasteiger partial charge on any atom is 0.246 e. The van der Waals surface area contributed by atoms with Gasteiger partial charge >= 0.3 is 0 Å². The first-order valence-electron chi connectivity index (χ1n) is 6.65. The number of hydrogen-bond donors (Lipinski definition) is 1. The quantitative estimate of drug-likeness (QED) is 0.639. The van der Waals surface area contributed by atoms with Crippen molar-refractivity contribution in [2.45, 2.75) is 13.5 Å². The third-order valence-electron chi connectivity index (χ3n) is 3.02. The standard InChI is InChI=1S/C16H17BrN2OS/c1-2-19(11-14-8-9-15(17)21-14)16(20)10-5-12-3-6-13(18)7-4-12/h3-10H,2,11,18H2,1H3/b10-5+. The molecule has 0 aliphatic carbocycles. The molecule has 1 amide bonds. The van der Waals surface area contributed by atoms with E-state index in [0.717, 1.165) is 19.9 Å². The van der Waals surface area contributed by atoms with Gasteiger partial charge < -0.3 is 10.6 Å². The molecule has 0 radical (unpaired) electrons. The van der Waals surface area contributed by atoms with Crippen LogP contribution in [0.2, 0.25) is 0 Å². The molecule has 0 fully saturated rings. The van der Waals surface area contributed by atoms with Gasteiger partial charge in [0.25, 0.3) is 0 Å². The highest BCUT2D eigenvalue weighted by atomic mass is 79.9. The fraction of sp³-hybridized carbons (Fsp3) is 0.188. The van der Waals surface area contributed by atoms with Gasteiger partial charge in [-0.05, 0) is 58.8 Å². The van der Waals surface area contributed by atoms with Crippen LogP contribution in [0, 0.1) is 0 Å². The van der Waals surface area contributed by atoms with Crippen LogP contribution in [0.15, 0.2) is 46.3 Å². The van der Waals surface area contributed by atoms with Gasteiger partial charge in [0, 0.05) is 23.2 Å². The van der Waals surface area contributed by atoms with Crippen molar-refractivity contribution >= 4 is 44.9 Å². The summed E-state index contributed by atoms with van der Waals surface area (Å²) in [6.07, 6.45) is 3.42. The van der Waals surface area contributed by atoms with E-state index in [0.29, 0.717) is 13.1 Å². The summed E-state index contributed by atoms with van der Waals surface area (Å²) in [6.45, 7) is 3.30. The van der Waals surface area contributed by atoms with Gasteiger partial charge in [-0.2, -0.15) is 0 Å². The number of nitrogens with two attached hydrogens (primary N) is 1. The van der Waals surface area contributed by atoms with Crippen molar-refractivity contribution in [3.8, 4) is 0 Å². The van der Waals surface area contributed by atoms with E-state index in [4.69, 9.17) is 5.73 Å². The average molecular weight is 365 g/mol. The van der Waals surface area contributed by atoms with Crippen molar-refractivity contribution in [3.05, 3.63) is 56.7 Å². The number of nitrogen functional groups attached to an aromatic ring is 1. The number of halogens is 1. The van der Waals surface area contributed by atoms with Crippen LogP contribution in [0.4, 0.5) is 5.69 Å². The van der Waals surface area contributed by atoms with Gasteiger partial charge in [-0.15, -0.1) is 11.3 Å². The Labute approximate surface area is 137 Å². The molecule has 0 saturated carbocycles. The Morgan fingerprint density at radius 1 is 1.29 bits per heavy atom. The zero-order chi connectivity index (χ0) is 15.2. The SMILES string of the molecule is CCN(Cc1ccc(Br)s1)C(=O)/C=C/c1ccc(N)cc1. The number of amides is 1. The molecule has 5 heteroatoms. The molecule has 2 N–H and O–H groups in total. The van der Waals surface area contributed by atoms with Crippen LogP contribution in [0.5, 0.6) is 0 Å². The van der Waals surface area contributed by atoms with Crippen molar-refractivity contribution < 1.29 is 4.79 Å². The Morgan fingerprint density at radius 3 is 2.57 bits per heavy atom. The topological polar surface area (TPSA) is 46.3 Å². The summed E-state index contributed by atoms with van der Waals surface area (Å²) < 4.78 is 1.08. The fourth-order valence-corrected chi connectivity index (χ4v) is 3.35. The Balaban J connectivity index is 2.01. The molecule has 1 aromatic carbocycles. The number of likely N-dealkylation sites (N-methyl/N-ethyl adjacent to an activating group) is 1. The first-order valence-corrected chi connectivity index (χ1v) is 8.26. The van der Waals surface area contributed by atoms with E-state index in [1.807, 2.05) is 54.3 Å². The monoisotopic (exact) mass is 364 g/mol. The van der Waals surface area contributed by atoms with Crippen LogP contribution in [0.25, 0.3) is 6.08 Å². The van der Waals surface area contributed by atoms with Crippen LogP contribution >= 0.6 is 27.3 Å². The summed E-state index contributed by atoms with van der Waals surface area (Å²) in [5.41, 5.74) is 7.32. The second-order valence-electron chi connectivity index (χ2n) is 4.56. The minimum Gasteiger partial charge on any atom is -0.399 e. The number of rotatable bonds is 5. The number of benzene rings is 1. The molecule has 0 atom stereocenters. The summed E-state index contributed by atoms with van der Waals surface area (Å²) in [4.78, 5) is 15.2. The minimum atomic E-state index is 0.0128. The van der Waals surface area contributed by atoms with Gasteiger partial charge in [-0.3, -0.25) is 4.79 Å². The molecule has 21 heavy (non-hydrogen) atoms. The molecule has 0 saturated heterocycles. The van der Waals surface area contributed by atoms with Crippen LogP contribution in [0.3, 0.4) is 0 Å². The summed E-state index contributed by atoms with van der Waals surface area (Å²) in [7, 11) is 0. The van der Waals surface area contributed by atoms with Gasteiger partial charge in [0.2, 0.25) is 5.91 Å². The first kappa shape index (κ1) is 15.8. The van der Waals surface area contributed by atoms with Gasteiger partial charge in [-0.1, -0.05) is 12.1 Å². The second kappa shape index (κ2) is 7.43. The molecule has 0 spiro atoms. The smallest absolute Gasteiger partial charge is 0.246 e. The van der Waals surface area contributed by atoms with Crippen LogP contribution < -0.4 is 5.73 Å². The van der Waals surface area contributed by atoms with Gasteiger partial charge in [0.15, 0.2) is 0 Å². The lowest BCUT2D eigenvalue weighted by atomic mass is 10.2. The lowest BCUT2D eigenvalue weighted by Crippen LogP contribution is -2.28. The number of nitrogens with zero attached hydrogens (tertiary/aromatic N) is 1. The molecule has 2 rings (SSSR count). The summed E-state index contributed by atoms with van der Waals surface area (Å²) >= 11 is 5.09. The summed E-state index contributed by atoms with van der Waals surface area (Å²) in [5, 5.41) is 0. The highest BCUT2D eigenvalue weighted by Crippen LogP contribution is 2.23. The Bertz CT molecular complexity index is 634. The van der Waals surface area contributed by atoms with Gasteiger partial charge in [0.05, 0.1) is 10.3 Å². The third-order valence-corrected chi connectivity index (χ3v) is 4.63. The van der Waals surface area contributed by atoms with Crippen molar-refractivity contribution in [1.82, 2.24) is 4.90 Å². The molecule has 0 unspecified atom stereocenters. The van der Waals surface area contributed by atoms with Crippen molar-refractivity contribution in [1.29, 1.82) is 0 Å². The van der Waals surface area contributed by atoms with Crippen molar-refractivity contribution in [3.63, 3.8) is 0 Å².